The zero-order valence-electron chi connectivity index (χ0n) is 11.0. The number of halogens is 2. The summed E-state index contributed by atoms with van der Waals surface area (Å²) < 4.78 is 2.06. The summed E-state index contributed by atoms with van der Waals surface area (Å²) >= 11 is 12.3. The fourth-order valence-electron chi connectivity index (χ4n) is 2.30. The van der Waals surface area contributed by atoms with Crippen LogP contribution in [0.2, 0.25) is 5.02 Å². The van der Waals surface area contributed by atoms with E-state index in [-0.39, 0.29) is 0 Å². The van der Waals surface area contributed by atoms with E-state index < -0.39 is 0 Å². The number of alkyl halides is 1. The van der Waals surface area contributed by atoms with Crippen molar-refractivity contribution in [3.05, 3.63) is 53.1 Å². The molecule has 102 valence electrons. The maximum Gasteiger partial charge on any atom is 0.115 e. The van der Waals surface area contributed by atoms with Crippen molar-refractivity contribution in [2.45, 2.75) is 13.3 Å². The molecule has 0 unspecified atom stereocenters. The molecule has 0 N–H and O–H groups in total. The Morgan fingerprint density at radius 1 is 1.25 bits per heavy atom. The van der Waals surface area contributed by atoms with Crippen molar-refractivity contribution in [3.63, 3.8) is 0 Å². The summed E-state index contributed by atoms with van der Waals surface area (Å²) in [4.78, 5) is 8.72. The molecule has 0 aliphatic carbocycles. The first-order valence-corrected chi connectivity index (χ1v) is 7.26. The van der Waals surface area contributed by atoms with Gasteiger partial charge >= 0.3 is 0 Å². The van der Waals surface area contributed by atoms with Crippen molar-refractivity contribution in [3.8, 4) is 5.69 Å². The number of aryl methyl sites for hydroxylation is 2. The highest BCUT2D eigenvalue weighted by Gasteiger charge is 2.14. The highest BCUT2D eigenvalue weighted by Crippen LogP contribution is 2.27. The summed E-state index contributed by atoms with van der Waals surface area (Å²) in [6.07, 6.45) is 4.19. The quantitative estimate of drug-likeness (QED) is 0.680. The third-order valence-corrected chi connectivity index (χ3v) is 3.68. The molecule has 3 nitrogen and oxygen atoms in total. The standard InChI is InChI=1S/C15H13Cl2N3/c1-10-2-3-13(11(17)8-10)20-14-5-7-18-9-12(14)19-15(20)4-6-16/h2-3,5,7-9H,4,6H2,1H3. The van der Waals surface area contributed by atoms with Crippen LogP contribution in [0.15, 0.2) is 36.7 Å². The number of hydrogen-bond acceptors (Lipinski definition) is 2. The van der Waals surface area contributed by atoms with Gasteiger partial charge in [-0.15, -0.1) is 11.6 Å². The van der Waals surface area contributed by atoms with Crippen LogP contribution in [-0.4, -0.2) is 20.4 Å². The van der Waals surface area contributed by atoms with Gasteiger partial charge in [0.15, 0.2) is 0 Å². The number of aromatic nitrogens is 3. The minimum Gasteiger partial charge on any atom is -0.295 e. The second kappa shape index (κ2) is 5.43. The molecule has 3 rings (SSSR count). The summed E-state index contributed by atoms with van der Waals surface area (Å²) in [6.45, 7) is 2.02. The zero-order valence-corrected chi connectivity index (χ0v) is 12.5. The van der Waals surface area contributed by atoms with Crippen molar-refractivity contribution < 1.29 is 0 Å². The van der Waals surface area contributed by atoms with E-state index in [1.54, 1.807) is 12.4 Å². The van der Waals surface area contributed by atoms with E-state index in [1.165, 1.54) is 0 Å². The first kappa shape index (κ1) is 13.4. The number of nitrogens with zero attached hydrogens (tertiary/aromatic N) is 3. The summed E-state index contributed by atoms with van der Waals surface area (Å²) in [6, 6.07) is 7.94. The van der Waals surface area contributed by atoms with Gasteiger partial charge in [-0.3, -0.25) is 9.55 Å². The molecule has 0 bridgehead atoms. The second-order valence-corrected chi connectivity index (χ2v) is 5.41. The lowest BCUT2D eigenvalue weighted by molar-refractivity contribution is 0.912. The van der Waals surface area contributed by atoms with Gasteiger partial charge in [-0.2, -0.15) is 0 Å². The third-order valence-electron chi connectivity index (χ3n) is 3.19. The molecule has 0 saturated carbocycles. The van der Waals surface area contributed by atoms with Crippen LogP contribution < -0.4 is 0 Å². The van der Waals surface area contributed by atoms with Crippen LogP contribution in [0, 0.1) is 6.92 Å². The minimum absolute atomic E-state index is 0.514. The Balaban J connectivity index is 2.30. The smallest absolute Gasteiger partial charge is 0.115 e. The average Bonchev–Trinajstić information content (AvgIpc) is 2.78. The molecule has 0 atom stereocenters. The van der Waals surface area contributed by atoms with Crippen LogP contribution in [0.25, 0.3) is 16.7 Å². The molecule has 0 aliphatic heterocycles. The number of benzene rings is 1. The monoisotopic (exact) mass is 305 g/mol. The van der Waals surface area contributed by atoms with Crippen molar-refractivity contribution in [1.29, 1.82) is 0 Å². The van der Waals surface area contributed by atoms with Gasteiger partial charge in [0.25, 0.3) is 0 Å². The maximum absolute atomic E-state index is 6.40. The van der Waals surface area contributed by atoms with Crippen molar-refractivity contribution in [2.24, 2.45) is 0 Å². The number of rotatable bonds is 3. The molecule has 0 amide bonds. The lowest BCUT2D eigenvalue weighted by atomic mass is 10.2. The molecule has 0 spiro atoms. The highest BCUT2D eigenvalue weighted by molar-refractivity contribution is 6.32. The predicted octanol–water partition coefficient (Wildman–Crippen LogP) is 4.16. The molecule has 5 heteroatoms. The molecule has 3 aromatic rings. The van der Waals surface area contributed by atoms with Crippen LogP contribution in [0.1, 0.15) is 11.4 Å². The van der Waals surface area contributed by atoms with Gasteiger partial charge in [0.1, 0.15) is 11.3 Å². The Morgan fingerprint density at radius 3 is 2.85 bits per heavy atom. The van der Waals surface area contributed by atoms with E-state index in [0.29, 0.717) is 17.3 Å². The Hall–Kier alpha value is -1.58. The minimum atomic E-state index is 0.514. The van der Waals surface area contributed by atoms with E-state index in [1.807, 2.05) is 31.2 Å². The highest BCUT2D eigenvalue weighted by atomic mass is 35.5. The van der Waals surface area contributed by atoms with Crippen molar-refractivity contribution in [2.75, 3.05) is 5.88 Å². The Morgan fingerprint density at radius 2 is 2.10 bits per heavy atom. The molecule has 0 fully saturated rings. The molecule has 1 aromatic carbocycles. The van der Waals surface area contributed by atoms with Gasteiger partial charge in [0.2, 0.25) is 0 Å². The molecular weight excluding hydrogens is 293 g/mol. The SMILES string of the molecule is Cc1ccc(-n2c(CCCl)nc3cnccc32)c(Cl)c1. The normalized spacial score (nSPS) is 11.2. The lowest BCUT2D eigenvalue weighted by Gasteiger charge is -2.11. The third kappa shape index (κ3) is 2.28. The zero-order chi connectivity index (χ0) is 14.1. The van der Waals surface area contributed by atoms with E-state index in [4.69, 9.17) is 23.2 Å². The molecular formula is C15H13Cl2N3. The van der Waals surface area contributed by atoms with E-state index in [0.717, 1.165) is 28.1 Å². The number of pyridine rings is 1. The van der Waals surface area contributed by atoms with Crippen LogP contribution in [0.3, 0.4) is 0 Å². The van der Waals surface area contributed by atoms with Crippen molar-refractivity contribution >= 4 is 34.2 Å². The van der Waals surface area contributed by atoms with Gasteiger partial charge in [-0.1, -0.05) is 17.7 Å². The summed E-state index contributed by atoms with van der Waals surface area (Å²) in [5, 5.41) is 0.705. The molecule has 2 aromatic heterocycles. The fraction of sp³-hybridized carbons (Fsp3) is 0.200. The molecule has 0 saturated heterocycles. The number of hydrogen-bond donors (Lipinski definition) is 0. The van der Waals surface area contributed by atoms with Gasteiger partial charge in [-0.05, 0) is 30.7 Å². The average molecular weight is 306 g/mol. The molecule has 0 radical (unpaired) electrons. The summed E-state index contributed by atoms with van der Waals surface area (Å²) in [7, 11) is 0. The molecule has 2 heterocycles. The van der Waals surface area contributed by atoms with Crippen LogP contribution in [0.5, 0.6) is 0 Å². The topological polar surface area (TPSA) is 30.7 Å². The van der Waals surface area contributed by atoms with Crippen LogP contribution in [0.4, 0.5) is 0 Å². The van der Waals surface area contributed by atoms with E-state index >= 15 is 0 Å². The van der Waals surface area contributed by atoms with E-state index in [9.17, 15) is 0 Å². The largest absolute Gasteiger partial charge is 0.295 e. The van der Waals surface area contributed by atoms with Gasteiger partial charge in [0.05, 0.1) is 22.4 Å². The number of fused-ring (bicyclic) bond motifs is 1. The number of imidazole rings is 1. The fourth-order valence-corrected chi connectivity index (χ4v) is 2.79. The van der Waals surface area contributed by atoms with Crippen LogP contribution in [-0.2, 0) is 6.42 Å². The predicted molar refractivity (Wildman–Crippen MR) is 83.0 cm³/mol. The first-order chi connectivity index (χ1) is 9.70. The second-order valence-electron chi connectivity index (χ2n) is 4.62. The summed E-state index contributed by atoms with van der Waals surface area (Å²) in [5.74, 6) is 1.41. The molecule has 0 aliphatic rings. The molecule has 20 heavy (non-hydrogen) atoms. The van der Waals surface area contributed by atoms with Crippen LogP contribution >= 0.6 is 23.2 Å². The first-order valence-electron chi connectivity index (χ1n) is 6.34. The van der Waals surface area contributed by atoms with Crippen molar-refractivity contribution in [1.82, 2.24) is 14.5 Å². The van der Waals surface area contributed by atoms with Gasteiger partial charge in [-0.25, -0.2) is 4.98 Å². The Labute approximate surface area is 127 Å². The van der Waals surface area contributed by atoms with E-state index in [2.05, 4.69) is 14.5 Å². The van der Waals surface area contributed by atoms with Gasteiger partial charge in [0, 0.05) is 18.5 Å². The van der Waals surface area contributed by atoms with Gasteiger partial charge < -0.3 is 0 Å². The summed E-state index contributed by atoms with van der Waals surface area (Å²) in [5.41, 5.74) is 3.89. The Bertz CT molecular complexity index is 765. The Kier molecular flexibility index (Phi) is 3.64. The maximum atomic E-state index is 6.40. The lowest BCUT2D eigenvalue weighted by Crippen LogP contribution is -2.03.